The van der Waals surface area contributed by atoms with E-state index < -0.39 is 0 Å². The maximum Gasteiger partial charge on any atom is 0.289 e. The molecular weight excluding hydrogens is 390 g/mol. The minimum Gasteiger partial charge on any atom is -0.454 e. The summed E-state index contributed by atoms with van der Waals surface area (Å²) in [7, 11) is 1.78. The van der Waals surface area contributed by atoms with Crippen molar-refractivity contribution in [1.29, 1.82) is 0 Å². The lowest BCUT2D eigenvalue weighted by molar-refractivity contribution is -0.117. The number of nitrogens with zero attached hydrogens (tertiary/aromatic N) is 4. The second kappa shape index (κ2) is 8.15. The lowest BCUT2D eigenvalue weighted by Crippen LogP contribution is -2.50. The molecule has 1 aromatic heterocycles. The highest BCUT2D eigenvalue weighted by Crippen LogP contribution is 2.37. The van der Waals surface area contributed by atoms with Crippen LogP contribution in [0.15, 0.2) is 24.5 Å². The Morgan fingerprint density at radius 3 is 2.43 bits per heavy atom. The summed E-state index contributed by atoms with van der Waals surface area (Å²) in [6, 6.07) is 3.20. The molecule has 0 aliphatic carbocycles. The van der Waals surface area contributed by atoms with E-state index in [0.29, 0.717) is 54.8 Å². The molecule has 30 heavy (non-hydrogen) atoms. The first-order valence-electron chi connectivity index (χ1n) is 9.66. The number of carbonyl (C=O) groups excluding carboxylic acids is 3. The molecule has 0 unspecified atom stereocenters. The van der Waals surface area contributed by atoms with Gasteiger partial charge in [-0.25, -0.2) is 4.98 Å². The zero-order valence-electron chi connectivity index (χ0n) is 16.9. The topological polar surface area (TPSA) is 106 Å². The number of benzene rings is 1. The Morgan fingerprint density at radius 1 is 1.10 bits per heavy atom. The molecule has 10 heteroatoms. The number of hydrogen-bond donors (Lipinski definition) is 1. The Balaban J connectivity index is 1.34. The number of aryl methyl sites for hydroxylation is 1. The maximum absolute atomic E-state index is 12.6. The van der Waals surface area contributed by atoms with Crippen LogP contribution in [0.4, 0.5) is 5.69 Å². The summed E-state index contributed by atoms with van der Waals surface area (Å²) in [6.07, 6.45) is 3.33. The summed E-state index contributed by atoms with van der Waals surface area (Å²) in [5.74, 6) is 0.868. The van der Waals surface area contributed by atoms with Gasteiger partial charge in [-0.05, 0) is 13.0 Å². The van der Waals surface area contributed by atoms with Crippen molar-refractivity contribution < 1.29 is 23.9 Å². The largest absolute Gasteiger partial charge is 0.454 e. The van der Waals surface area contributed by atoms with Gasteiger partial charge in [0, 0.05) is 57.3 Å². The van der Waals surface area contributed by atoms with Crippen LogP contribution in [0.25, 0.3) is 0 Å². The first-order valence-corrected chi connectivity index (χ1v) is 9.66. The number of ketones is 1. The number of anilines is 1. The van der Waals surface area contributed by atoms with Gasteiger partial charge in [0.1, 0.15) is 0 Å². The molecule has 0 bridgehead atoms. The van der Waals surface area contributed by atoms with Crippen molar-refractivity contribution in [2.24, 2.45) is 7.05 Å². The zero-order valence-corrected chi connectivity index (χ0v) is 16.9. The van der Waals surface area contributed by atoms with Crippen molar-refractivity contribution in [2.45, 2.75) is 6.92 Å². The van der Waals surface area contributed by atoms with E-state index in [4.69, 9.17) is 9.47 Å². The number of ether oxygens (including phenoxy) is 2. The molecule has 2 aliphatic heterocycles. The predicted molar refractivity (Wildman–Crippen MR) is 107 cm³/mol. The van der Waals surface area contributed by atoms with Crippen LogP contribution >= 0.6 is 0 Å². The van der Waals surface area contributed by atoms with Crippen LogP contribution < -0.4 is 14.8 Å². The Hall–Kier alpha value is -3.40. The van der Waals surface area contributed by atoms with E-state index in [-0.39, 0.29) is 30.9 Å². The summed E-state index contributed by atoms with van der Waals surface area (Å²) in [6.45, 7) is 3.87. The minimum atomic E-state index is -0.236. The number of amides is 2. The molecule has 158 valence electrons. The summed E-state index contributed by atoms with van der Waals surface area (Å²) in [5, 5.41) is 2.80. The van der Waals surface area contributed by atoms with E-state index in [1.54, 1.807) is 41.0 Å². The number of Topliss-reactive ketones (excluding diaryl/α,β-unsaturated/α-hetero) is 1. The highest BCUT2D eigenvalue weighted by Gasteiger charge is 2.26. The van der Waals surface area contributed by atoms with Gasteiger partial charge >= 0.3 is 0 Å². The fourth-order valence-corrected chi connectivity index (χ4v) is 3.55. The monoisotopic (exact) mass is 413 g/mol. The second-order valence-corrected chi connectivity index (χ2v) is 7.29. The number of rotatable bonds is 5. The third kappa shape index (κ3) is 3.99. The quantitative estimate of drug-likeness (QED) is 0.721. The molecule has 3 heterocycles. The molecule has 1 saturated heterocycles. The van der Waals surface area contributed by atoms with Gasteiger partial charge in [0.05, 0.1) is 12.2 Å². The molecule has 2 aliphatic rings. The van der Waals surface area contributed by atoms with Crippen LogP contribution in [0.1, 0.15) is 27.9 Å². The SMILES string of the molecule is CC(=O)c1cc2c(cc1NC(=O)CN1CCN(C(=O)c3nccn3C)CC1)OCO2. The molecule has 2 aromatic rings. The fourth-order valence-electron chi connectivity index (χ4n) is 3.55. The average molecular weight is 413 g/mol. The van der Waals surface area contributed by atoms with Crippen LogP contribution in [0.3, 0.4) is 0 Å². The van der Waals surface area contributed by atoms with Crippen LogP contribution in [0.5, 0.6) is 11.5 Å². The Bertz CT molecular complexity index is 993. The minimum absolute atomic E-state index is 0.0886. The summed E-state index contributed by atoms with van der Waals surface area (Å²) in [4.78, 5) is 44.9. The first-order chi connectivity index (χ1) is 14.4. The van der Waals surface area contributed by atoms with Gasteiger partial charge in [-0.15, -0.1) is 0 Å². The second-order valence-electron chi connectivity index (χ2n) is 7.29. The van der Waals surface area contributed by atoms with Crippen LogP contribution in [0, 0.1) is 0 Å². The van der Waals surface area contributed by atoms with Gasteiger partial charge in [0.15, 0.2) is 23.1 Å². The van der Waals surface area contributed by atoms with Crippen molar-refractivity contribution in [1.82, 2.24) is 19.4 Å². The fraction of sp³-hybridized carbons (Fsp3) is 0.400. The normalized spacial score (nSPS) is 15.9. The van der Waals surface area contributed by atoms with E-state index in [1.165, 1.54) is 6.92 Å². The van der Waals surface area contributed by atoms with Gasteiger partial charge in [-0.2, -0.15) is 0 Å². The third-order valence-corrected chi connectivity index (χ3v) is 5.21. The van der Waals surface area contributed by atoms with E-state index >= 15 is 0 Å². The molecule has 2 amide bonds. The molecule has 1 fully saturated rings. The number of nitrogens with one attached hydrogen (secondary N) is 1. The standard InChI is InChI=1S/C20H23N5O5/c1-13(26)14-9-16-17(30-12-29-16)10-15(14)22-18(27)11-24-5-7-25(8-6-24)20(28)19-21-3-4-23(19)2/h3-4,9-10H,5-8,11-12H2,1-2H3,(H,22,27). The van der Waals surface area contributed by atoms with Crippen molar-refractivity contribution in [2.75, 3.05) is 44.8 Å². The molecular formula is C20H23N5O5. The van der Waals surface area contributed by atoms with Crippen LogP contribution in [-0.4, -0.2) is 76.5 Å². The molecule has 1 N–H and O–H groups in total. The Morgan fingerprint density at radius 2 is 1.80 bits per heavy atom. The van der Waals surface area contributed by atoms with E-state index in [1.807, 2.05) is 4.90 Å². The van der Waals surface area contributed by atoms with Crippen molar-refractivity contribution in [3.8, 4) is 11.5 Å². The summed E-state index contributed by atoms with van der Waals surface area (Å²) >= 11 is 0. The molecule has 10 nitrogen and oxygen atoms in total. The maximum atomic E-state index is 12.6. The van der Waals surface area contributed by atoms with Gasteiger partial charge < -0.3 is 24.3 Å². The number of imidazole rings is 1. The molecule has 1 aromatic carbocycles. The lowest BCUT2D eigenvalue weighted by Gasteiger charge is -2.34. The molecule has 0 saturated carbocycles. The van der Waals surface area contributed by atoms with Crippen molar-refractivity contribution in [3.63, 3.8) is 0 Å². The number of fused-ring (bicyclic) bond motifs is 1. The Kier molecular flexibility index (Phi) is 5.40. The van der Waals surface area contributed by atoms with Gasteiger partial charge in [-0.1, -0.05) is 0 Å². The Labute approximate surface area is 173 Å². The highest BCUT2D eigenvalue weighted by molar-refractivity contribution is 6.05. The molecule has 4 rings (SSSR count). The summed E-state index contributed by atoms with van der Waals surface area (Å²) < 4.78 is 12.3. The predicted octanol–water partition coefficient (Wildman–Crippen LogP) is 0.748. The summed E-state index contributed by atoms with van der Waals surface area (Å²) in [5.41, 5.74) is 0.776. The number of piperazine rings is 1. The number of aromatic nitrogens is 2. The van der Waals surface area contributed by atoms with Crippen LogP contribution in [-0.2, 0) is 11.8 Å². The molecule has 0 radical (unpaired) electrons. The number of carbonyl (C=O) groups is 3. The van der Waals surface area contributed by atoms with Crippen molar-refractivity contribution >= 4 is 23.3 Å². The lowest BCUT2D eigenvalue weighted by atomic mass is 10.1. The van der Waals surface area contributed by atoms with Gasteiger partial charge in [0.25, 0.3) is 5.91 Å². The smallest absolute Gasteiger partial charge is 0.289 e. The van der Waals surface area contributed by atoms with Crippen LogP contribution in [0.2, 0.25) is 0 Å². The molecule has 0 spiro atoms. The van der Waals surface area contributed by atoms with Crippen molar-refractivity contribution in [3.05, 3.63) is 35.9 Å². The zero-order chi connectivity index (χ0) is 21.3. The average Bonchev–Trinajstić information content (AvgIpc) is 3.35. The molecule has 0 atom stereocenters. The highest BCUT2D eigenvalue weighted by atomic mass is 16.7. The van der Waals surface area contributed by atoms with E-state index in [9.17, 15) is 14.4 Å². The van der Waals surface area contributed by atoms with Gasteiger partial charge in [-0.3, -0.25) is 19.3 Å². The number of hydrogen-bond acceptors (Lipinski definition) is 7. The van der Waals surface area contributed by atoms with Gasteiger partial charge in [0.2, 0.25) is 12.7 Å². The van der Waals surface area contributed by atoms with E-state index in [2.05, 4.69) is 10.3 Å². The van der Waals surface area contributed by atoms with E-state index in [0.717, 1.165) is 0 Å². The first kappa shape index (κ1) is 19.9. The third-order valence-electron chi connectivity index (χ3n) is 5.21.